The van der Waals surface area contributed by atoms with Crippen LogP contribution in [0.4, 0.5) is 0 Å². The van der Waals surface area contributed by atoms with E-state index in [1.807, 2.05) is 19.1 Å². The largest absolute Gasteiger partial charge is 0.493 e. The highest BCUT2D eigenvalue weighted by molar-refractivity contribution is 5.43. The van der Waals surface area contributed by atoms with Crippen molar-refractivity contribution in [1.82, 2.24) is 5.32 Å². The number of hydrogen-bond acceptors (Lipinski definition) is 4. The number of ether oxygens (including phenoxy) is 2. The Morgan fingerprint density at radius 2 is 2.16 bits per heavy atom. The first kappa shape index (κ1) is 14.2. The summed E-state index contributed by atoms with van der Waals surface area (Å²) in [7, 11) is 1.65. The molecule has 0 heterocycles. The van der Waals surface area contributed by atoms with Crippen LogP contribution in [0.2, 0.25) is 0 Å². The molecular formula is C15H23NO3. The standard InChI is InChI=1S/C15H23NO3/c1-11(9-17)10-19-14-6-3-12(7-15(14)18-2)8-16-13-4-5-13/h3,6-7,11,13,16-17H,4-5,8-10H2,1-2H3. The average Bonchev–Trinajstić information content (AvgIpc) is 3.26. The van der Waals surface area contributed by atoms with Gasteiger partial charge in [-0.05, 0) is 30.5 Å². The Bertz CT molecular complexity index is 404. The van der Waals surface area contributed by atoms with Crippen molar-refractivity contribution in [2.45, 2.75) is 32.4 Å². The van der Waals surface area contributed by atoms with Crippen molar-refractivity contribution in [3.05, 3.63) is 23.8 Å². The van der Waals surface area contributed by atoms with Gasteiger partial charge < -0.3 is 19.9 Å². The van der Waals surface area contributed by atoms with Gasteiger partial charge in [0.25, 0.3) is 0 Å². The fraction of sp³-hybridized carbons (Fsp3) is 0.600. The van der Waals surface area contributed by atoms with Gasteiger partial charge in [0.05, 0.1) is 13.7 Å². The van der Waals surface area contributed by atoms with E-state index in [9.17, 15) is 0 Å². The monoisotopic (exact) mass is 265 g/mol. The van der Waals surface area contributed by atoms with Crippen molar-refractivity contribution in [1.29, 1.82) is 0 Å². The van der Waals surface area contributed by atoms with Crippen molar-refractivity contribution < 1.29 is 14.6 Å². The second kappa shape index (κ2) is 6.78. The number of benzene rings is 1. The summed E-state index contributed by atoms with van der Waals surface area (Å²) in [4.78, 5) is 0. The molecule has 4 heteroatoms. The normalized spacial score (nSPS) is 16.2. The van der Waals surface area contributed by atoms with Gasteiger partial charge >= 0.3 is 0 Å². The average molecular weight is 265 g/mol. The quantitative estimate of drug-likeness (QED) is 0.754. The van der Waals surface area contributed by atoms with Crippen LogP contribution in [0.5, 0.6) is 11.5 Å². The molecule has 19 heavy (non-hydrogen) atoms. The minimum Gasteiger partial charge on any atom is -0.493 e. The van der Waals surface area contributed by atoms with Crippen LogP contribution in [-0.2, 0) is 6.54 Å². The van der Waals surface area contributed by atoms with Crippen molar-refractivity contribution in [3.63, 3.8) is 0 Å². The molecule has 0 amide bonds. The predicted octanol–water partition coefficient (Wildman–Crippen LogP) is 1.95. The van der Waals surface area contributed by atoms with Crippen LogP contribution in [0.3, 0.4) is 0 Å². The first-order chi connectivity index (χ1) is 9.22. The topological polar surface area (TPSA) is 50.7 Å². The SMILES string of the molecule is COc1cc(CNC2CC2)ccc1OCC(C)CO. The molecule has 0 bridgehead atoms. The molecule has 1 fully saturated rings. The van der Waals surface area contributed by atoms with Crippen molar-refractivity contribution in [3.8, 4) is 11.5 Å². The summed E-state index contributed by atoms with van der Waals surface area (Å²) < 4.78 is 11.0. The molecule has 106 valence electrons. The third-order valence-corrected chi connectivity index (χ3v) is 3.24. The van der Waals surface area contributed by atoms with E-state index in [4.69, 9.17) is 14.6 Å². The third kappa shape index (κ3) is 4.40. The molecule has 1 saturated carbocycles. The lowest BCUT2D eigenvalue weighted by Crippen LogP contribution is -2.15. The van der Waals surface area contributed by atoms with Crippen LogP contribution >= 0.6 is 0 Å². The molecule has 1 aromatic rings. The van der Waals surface area contributed by atoms with Gasteiger partial charge in [-0.2, -0.15) is 0 Å². The molecule has 2 N–H and O–H groups in total. The lowest BCUT2D eigenvalue weighted by atomic mass is 10.2. The zero-order valence-electron chi connectivity index (χ0n) is 11.7. The number of aliphatic hydroxyl groups excluding tert-OH is 1. The van der Waals surface area contributed by atoms with Crippen LogP contribution < -0.4 is 14.8 Å². The fourth-order valence-electron chi connectivity index (χ4n) is 1.78. The van der Waals surface area contributed by atoms with Gasteiger partial charge in [-0.1, -0.05) is 13.0 Å². The van der Waals surface area contributed by atoms with Crippen LogP contribution in [0.25, 0.3) is 0 Å². The van der Waals surface area contributed by atoms with Crippen LogP contribution in [0.15, 0.2) is 18.2 Å². The van der Waals surface area contributed by atoms with E-state index in [0.717, 1.165) is 18.0 Å². The Balaban J connectivity index is 1.94. The van der Waals surface area contributed by atoms with E-state index in [1.54, 1.807) is 7.11 Å². The molecule has 1 aliphatic carbocycles. The molecule has 4 nitrogen and oxygen atoms in total. The van der Waals surface area contributed by atoms with Crippen LogP contribution in [0, 0.1) is 5.92 Å². The Morgan fingerprint density at radius 3 is 2.79 bits per heavy atom. The van der Waals surface area contributed by atoms with Crippen molar-refractivity contribution in [2.75, 3.05) is 20.3 Å². The van der Waals surface area contributed by atoms with Gasteiger partial charge in [0, 0.05) is 25.1 Å². The lowest BCUT2D eigenvalue weighted by molar-refractivity contribution is 0.171. The van der Waals surface area contributed by atoms with Gasteiger partial charge in [0.2, 0.25) is 0 Å². The molecule has 0 saturated heterocycles. The predicted molar refractivity (Wildman–Crippen MR) is 74.6 cm³/mol. The summed E-state index contributed by atoms with van der Waals surface area (Å²) in [5.74, 6) is 1.61. The molecule has 1 atom stereocenters. The molecule has 1 unspecified atom stereocenters. The summed E-state index contributed by atoms with van der Waals surface area (Å²) in [5.41, 5.74) is 1.20. The van der Waals surface area contributed by atoms with Crippen LogP contribution in [0.1, 0.15) is 25.3 Å². The second-order valence-electron chi connectivity index (χ2n) is 5.24. The van der Waals surface area contributed by atoms with Gasteiger partial charge in [-0.25, -0.2) is 0 Å². The fourth-order valence-corrected chi connectivity index (χ4v) is 1.78. The van der Waals surface area contributed by atoms with E-state index in [1.165, 1.54) is 18.4 Å². The Hall–Kier alpha value is -1.26. The molecule has 0 spiro atoms. The van der Waals surface area contributed by atoms with Gasteiger partial charge in [-0.3, -0.25) is 0 Å². The molecule has 1 aliphatic rings. The van der Waals surface area contributed by atoms with Gasteiger partial charge in [-0.15, -0.1) is 0 Å². The van der Waals surface area contributed by atoms with Crippen molar-refractivity contribution >= 4 is 0 Å². The first-order valence-corrected chi connectivity index (χ1v) is 6.87. The number of nitrogens with one attached hydrogen (secondary N) is 1. The van der Waals surface area contributed by atoms with E-state index in [-0.39, 0.29) is 12.5 Å². The number of methoxy groups -OCH3 is 1. The minimum absolute atomic E-state index is 0.126. The Morgan fingerprint density at radius 1 is 1.37 bits per heavy atom. The maximum atomic E-state index is 8.99. The zero-order valence-corrected chi connectivity index (χ0v) is 11.7. The number of aliphatic hydroxyl groups is 1. The third-order valence-electron chi connectivity index (χ3n) is 3.24. The zero-order chi connectivity index (χ0) is 13.7. The van der Waals surface area contributed by atoms with Crippen LogP contribution in [-0.4, -0.2) is 31.5 Å². The molecule has 0 aromatic heterocycles. The Labute approximate surface area is 114 Å². The highest BCUT2D eigenvalue weighted by Gasteiger charge is 2.20. The van der Waals surface area contributed by atoms with Gasteiger partial charge in [0.15, 0.2) is 11.5 Å². The number of hydrogen-bond donors (Lipinski definition) is 2. The summed E-state index contributed by atoms with van der Waals surface area (Å²) in [6.07, 6.45) is 2.58. The van der Waals surface area contributed by atoms with Crippen molar-refractivity contribution in [2.24, 2.45) is 5.92 Å². The molecular weight excluding hydrogens is 242 g/mol. The maximum Gasteiger partial charge on any atom is 0.161 e. The molecule has 2 rings (SSSR count). The summed E-state index contributed by atoms with van der Waals surface area (Å²) >= 11 is 0. The van der Waals surface area contributed by atoms with E-state index >= 15 is 0 Å². The van der Waals surface area contributed by atoms with E-state index < -0.39 is 0 Å². The summed E-state index contributed by atoms with van der Waals surface area (Å²) in [6.45, 7) is 3.44. The summed E-state index contributed by atoms with van der Waals surface area (Å²) in [6, 6.07) is 6.70. The smallest absolute Gasteiger partial charge is 0.161 e. The molecule has 0 aliphatic heterocycles. The highest BCUT2D eigenvalue weighted by atomic mass is 16.5. The maximum absolute atomic E-state index is 8.99. The lowest BCUT2D eigenvalue weighted by Gasteiger charge is -2.14. The minimum atomic E-state index is 0.126. The van der Waals surface area contributed by atoms with E-state index in [0.29, 0.717) is 12.6 Å². The molecule has 1 aromatic carbocycles. The first-order valence-electron chi connectivity index (χ1n) is 6.87. The number of rotatable bonds is 8. The molecule has 0 radical (unpaired) electrons. The van der Waals surface area contributed by atoms with E-state index in [2.05, 4.69) is 11.4 Å². The Kier molecular flexibility index (Phi) is 5.05. The summed E-state index contributed by atoms with van der Waals surface area (Å²) in [5, 5.41) is 12.5. The highest BCUT2D eigenvalue weighted by Crippen LogP contribution is 2.29. The van der Waals surface area contributed by atoms with Gasteiger partial charge in [0.1, 0.15) is 0 Å². The second-order valence-corrected chi connectivity index (χ2v) is 5.24.